The van der Waals surface area contributed by atoms with E-state index in [1.54, 1.807) is 25.1 Å². The summed E-state index contributed by atoms with van der Waals surface area (Å²) in [6.07, 6.45) is -2.61. The Labute approximate surface area is 237 Å². The van der Waals surface area contributed by atoms with Crippen molar-refractivity contribution in [2.75, 3.05) is 46.1 Å². The van der Waals surface area contributed by atoms with Crippen LogP contribution in [0.5, 0.6) is 11.5 Å². The number of carboxylic acid groups (broad SMARTS) is 1. The zero-order chi connectivity index (χ0) is 29.2. The summed E-state index contributed by atoms with van der Waals surface area (Å²) < 4.78 is 56.0. The minimum atomic E-state index is -4.43. The molecule has 0 spiro atoms. The number of carboxylic acids is 1. The predicted octanol–water partition coefficient (Wildman–Crippen LogP) is 5.67. The zero-order valence-electron chi connectivity index (χ0n) is 22.5. The van der Waals surface area contributed by atoms with Crippen molar-refractivity contribution in [2.24, 2.45) is 0 Å². The number of aryl methyl sites for hydroxylation is 1. The van der Waals surface area contributed by atoms with Gasteiger partial charge in [-0.1, -0.05) is 36.1 Å². The van der Waals surface area contributed by atoms with E-state index in [-0.39, 0.29) is 6.61 Å². The van der Waals surface area contributed by atoms with Crippen LogP contribution in [0.4, 0.5) is 13.2 Å². The van der Waals surface area contributed by atoms with E-state index in [1.807, 2.05) is 30.3 Å². The molecule has 9 heteroatoms. The van der Waals surface area contributed by atoms with Gasteiger partial charge in [0.2, 0.25) is 0 Å². The monoisotopic (exact) mass is 565 g/mol. The number of alkyl halides is 3. The average Bonchev–Trinajstić information content (AvgIpc) is 2.95. The maximum Gasteiger partial charge on any atom is 0.416 e. The molecule has 0 saturated carbocycles. The van der Waals surface area contributed by atoms with Gasteiger partial charge in [0.05, 0.1) is 25.3 Å². The highest BCUT2D eigenvalue weighted by Gasteiger charge is 2.30. The lowest BCUT2D eigenvalue weighted by Gasteiger charge is -2.24. The van der Waals surface area contributed by atoms with Crippen molar-refractivity contribution in [3.63, 3.8) is 0 Å². The topological polar surface area (TPSA) is 68.2 Å². The van der Waals surface area contributed by atoms with Crippen LogP contribution in [0, 0.1) is 18.8 Å². The lowest BCUT2D eigenvalue weighted by atomic mass is 9.96. The van der Waals surface area contributed by atoms with Gasteiger partial charge in [-0.05, 0) is 77.7 Å². The fraction of sp³-hybridized carbons (Fsp3) is 0.281. The van der Waals surface area contributed by atoms with Crippen molar-refractivity contribution in [1.82, 2.24) is 4.90 Å². The fourth-order valence-corrected chi connectivity index (χ4v) is 4.22. The van der Waals surface area contributed by atoms with Crippen molar-refractivity contribution in [3.05, 3.63) is 101 Å². The van der Waals surface area contributed by atoms with E-state index in [9.17, 15) is 18.0 Å². The third kappa shape index (κ3) is 8.87. The molecule has 0 amide bonds. The molecule has 1 fully saturated rings. The number of halogens is 3. The Morgan fingerprint density at radius 3 is 2.27 bits per heavy atom. The van der Waals surface area contributed by atoms with E-state index in [0.29, 0.717) is 48.0 Å². The van der Waals surface area contributed by atoms with Crippen molar-refractivity contribution < 1.29 is 37.3 Å². The Balaban J connectivity index is 1.51. The highest BCUT2D eigenvalue weighted by Crippen LogP contribution is 2.32. The van der Waals surface area contributed by atoms with Crippen molar-refractivity contribution in [1.29, 1.82) is 0 Å². The van der Waals surface area contributed by atoms with Gasteiger partial charge in [-0.3, -0.25) is 4.90 Å². The number of benzene rings is 3. The Morgan fingerprint density at radius 2 is 1.66 bits per heavy atom. The third-order valence-electron chi connectivity index (χ3n) is 6.39. The average molecular weight is 566 g/mol. The molecule has 1 N–H and O–H groups in total. The van der Waals surface area contributed by atoms with Gasteiger partial charge in [-0.15, -0.1) is 0 Å². The molecular formula is C32H30F3NO5. The van der Waals surface area contributed by atoms with Crippen LogP contribution < -0.4 is 9.47 Å². The van der Waals surface area contributed by atoms with Crippen LogP contribution in [0.2, 0.25) is 0 Å². The van der Waals surface area contributed by atoms with E-state index in [1.165, 1.54) is 12.1 Å². The first-order valence-corrected chi connectivity index (χ1v) is 13.0. The number of hydrogen-bond donors (Lipinski definition) is 1. The maximum atomic E-state index is 13.2. The largest absolute Gasteiger partial charge is 0.489 e. The molecule has 1 aliphatic heterocycles. The maximum absolute atomic E-state index is 13.2. The van der Waals surface area contributed by atoms with Crippen LogP contribution in [-0.4, -0.2) is 62.0 Å². The van der Waals surface area contributed by atoms with Gasteiger partial charge in [0, 0.05) is 18.7 Å². The molecule has 6 nitrogen and oxygen atoms in total. The Morgan fingerprint density at radius 1 is 1.00 bits per heavy atom. The van der Waals surface area contributed by atoms with Crippen molar-refractivity contribution in [2.45, 2.75) is 13.1 Å². The predicted molar refractivity (Wildman–Crippen MR) is 149 cm³/mol. The quantitative estimate of drug-likeness (QED) is 0.337. The van der Waals surface area contributed by atoms with E-state index in [0.717, 1.165) is 36.3 Å². The molecule has 41 heavy (non-hydrogen) atoms. The molecule has 1 aliphatic rings. The smallest absolute Gasteiger partial charge is 0.416 e. The summed E-state index contributed by atoms with van der Waals surface area (Å²) in [5.74, 6) is 6.26. The number of ether oxygens (including phenoxy) is 3. The van der Waals surface area contributed by atoms with Crippen molar-refractivity contribution >= 4 is 11.5 Å². The number of aliphatic carboxylic acids is 1. The highest BCUT2D eigenvalue weighted by atomic mass is 19.4. The van der Waals surface area contributed by atoms with Gasteiger partial charge < -0.3 is 19.3 Å². The number of nitrogens with zero attached hydrogens (tertiary/aromatic N) is 1. The van der Waals surface area contributed by atoms with Crippen LogP contribution in [0.1, 0.15) is 27.8 Å². The van der Waals surface area contributed by atoms with Crippen LogP contribution >= 0.6 is 0 Å². The number of morpholine rings is 1. The van der Waals surface area contributed by atoms with Crippen molar-refractivity contribution in [3.8, 4) is 23.3 Å². The molecule has 0 aromatic heterocycles. The summed E-state index contributed by atoms with van der Waals surface area (Å²) in [7, 11) is 0. The lowest BCUT2D eigenvalue weighted by molar-refractivity contribution is -0.139. The Kier molecular flexibility index (Phi) is 10.1. The molecular weight excluding hydrogens is 535 g/mol. The first-order valence-electron chi connectivity index (χ1n) is 13.0. The normalized spacial score (nSPS) is 14.2. The molecule has 3 aromatic carbocycles. The fourth-order valence-electron chi connectivity index (χ4n) is 4.22. The van der Waals surface area contributed by atoms with Gasteiger partial charge in [-0.25, -0.2) is 4.79 Å². The third-order valence-corrected chi connectivity index (χ3v) is 6.39. The second-order valence-electron chi connectivity index (χ2n) is 9.38. The summed E-state index contributed by atoms with van der Waals surface area (Å²) in [5, 5.41) is 8.81. The number of rotatable bonds is 9. The minimum absolute atomic E-state index is 0.145. The molecule has 1 saturated heterocycles. The molecule has 0 aliphatic carbocycles. The molecule has 0 unspecified atom stereocenters. The summed E-state index contributed by atoms with van der Waals surface area (Å²) in [4.78, 5) is 13.0. The summed E-state index contributed by atoms with van der Waals surface area (Å²) in [5.41, 5.74) is 2.96. The van der Waals surface area contributed by atoms with E-state index >= 15 is 0 Å². The zero-order valence-corrected chi connectivity index (χ0v) is 22.5. The SMILES string of the molecule is Cc1cc(OC/C=C(/c2ccc(C#CCN3CCOCC3)cc2)c2ccc(C(F)(F)F)cc2)ccc1OCC(=O)O. The second-order valence-corrected chi connectivity index (χ2v) is 9.38. The van der Waals surface area contributed by atoms with Gasteiger partial charge in [0.15, 0.2) is 6.61 Å². The van der Waals surface area contributed by atoms with Crippen LogP contribution in [0.15, 0.2) is 72.8 Å². The lowest BCUT2D eigenvalue weighted by Crippen LogP contribution is -2.36. The standard InChI is InChI=1S/C32H30F3NO5/c1-23-21-28(12-13-30(23)41-22-31(37)38)40-18-14-29(26-8-10-27(11-9-26)32(33,34)35)25-6-4-24(5-7-25)3-2-15-36-16-19-39-20-17-36/h4-14,21H,15-20,22H2,1H3,(H,37,38)/b29-14-. The second kappa shape index (κ2) is 13.9. The molecule has 0 radical (unpaired) electrons. The first kappa shape index (κ1) is 29.7. The van der Waals surface area contributed by atoms with Gasteiger partial charge >= 0.3 is 12.1 Å². The Bertz CT molecular complexity index is 1410. The van der Waals surface area contributed by atoms with Gasteiger partial charge in [-0.2, -0.15) is 13.2 Å². The summed E-state index contributed by atoms with van der Waals surface area (Å²) >= 11 is 0. The summed E-state index contributed by atoms with van der Waals surface area (Å²) in [6, 6.07) is 17.6. The molecule has 0 bridgehead atoms. The first-order chi connectivity index (χ1) is 19.7. The van der Waals surface area contributed by atoms with Gasteiger partial charge in [0.25, 0.3) is 0 Å². The molecule has 0 atom stereocenters. The van der Waals surface area contributed by atoms with E-state index in [4.69, 9.17) is 19.3 Å². The van der Waals surface area contributed by atoms with Crippen LogP contribution in [-0.2, 0) is 15.7 Å². The van der Waals surface area contributed by atoms with Gasteiger partial charge in [0.1, 0.15) is 18.1 Å². The van der Waals surface area contributed by atoms with Crippen LogP contribution in [0.3, 0.4) is 0 Å². The molecule has 214 valence electrons. The van der Waals surface area contributed by atoms with E-state index in [2.05, 4.69) is 16.7 Å². The highest BCUT2D eigenvalue weighted by molar-refractivity contribution is 5.80. The number of hydrogen-bond acceptors (Lipinski definition) is 5. The Hall–Kier alpha value is -4.26. The number of carbonyl (C=O) groups is 1. The molecule has 4 rings (SSSR count). The van der Waals surface area contributed by atoms with E-state index < -0.39 is 24.3 Å². The summed E-state index contributed by atoms with van der Waals surface area (Å²) in [6.45, 7) is 5.28. The van der Waals surface area contributed by atoms with Crippen LogP contribution in [0.25, 0.3) is 5.57 Å². The molecule has 3 aromatic rings. The minimum Gasteiger partial charge on any atom is -0.489 e. The molecule has 1 heterocycles.